The standard InChI is InChI=1S/C16H15FO3S/c1-21(18,19)20-12-15(11-13-5-3-2-4-6-13)14-7-9-16(17)10-8-14/h2-11H,12H2,1H3/b15-11+. The summed E-state index contributed by atoms with van der Waals surface area (Å²) in [5.74, 6) is -0.346. The number of halogens is 1. The molecule has 2 rings (SSSR count). The van der Waals surface area contributed by atoms with Crippen molar-refractivity contribution in [1.29, 1.82) is 0 Å². The smallest absolute Gasteiger partial charge is 0.264 e. The third-order valence-electron chi connectivity index (χ3n) is 2.78. The largest absolute Gasteiger partial charge is 0.265 e. The summed E-state index contributed by atoms with van der Waals surface area (Å²) in [7, 11) is -3.54. The van der Waals surface area contributed by atoms with Gasteiger partial charge in [0.1, 0.15) is 5.82 Å². The summed E-state index contributed by atoms with van der Waals surface area (Å²) in [6.07, 6.45) is 2.82. The van der Waals surface area contributed by atoms with Gasteiger partial charge in [0.25, 0.3) is 10.1 Å². The van der Waals surface area contributed by atoms with Crippen LogP contribution in [-0.2, 0) is 14.3 Å². The van der Waals surface area contributed by atoms with Gasteiger partial charge < -0.3 is 0 Å². The molecule has 0 fully saturated rings. The Morgan fingerprint density at radius 2 is 1.71 bits per heavy atom. The minimum Gasteiger partial charge on any atom is -0.265 e. The van der Waals surface area contributed by atoms with E-state index in [0.717, 1.165) is 11.8 Å². The molecule has 110 valence electrons. The first-order chi connectivity index (χ1) is 9.94. The Hall–Kier alpha value is -1.98. The van der Waals surface area contributed by atoms with Crippen LogP contribution < -0.4 is 0 Å². The van der Waals surface area contributed by atoms with E-state index in [-0.39, 0.29) is 12.4 Å². The van der Waals surface area contributed by atoms with Gasteiger partial charge in [-0.3, -0.25) is 4.18 Å². The molecule has 0 aliphatic carbocycles. The van der Waals surface area contributed by atoms with Gasteiger partial charge in [-0.15, -0.1) is 0 Å². The van der Waals surface area contributed by atoms with Crippen molar-refractivity contribution in [2.24, 2.45) is 0 Å². The van der Waals surface area contributed by atoms with Crippen LogP contribution in [0.2, 0.25) is 0 Å². The van der Waals surface area contributed by atoms with Crippen molar-refractivity contribution in [3.8, 4) is 0 Å². The zero-order chi connectivity index (χ0) is 15.3. The molecule has 0 amide bonds. The monoisotopic (exact) mass is 306 g/mol. The summed E-state index contributed by atoms with van der Waals surface area (Å²) in [4.78, 5) is 0. The van der Waals surface area contributed by atoms with Gasteiger partial charge in [0.05, 0.1) is 12.9 Å². The molecule has 0 unspecified atom stereocenters. The highest BCUT2D eigenvalue weighted by Gasteiger charge is 2.08. The van der Waals surface area contributed by atoms with Gasteiger partial charge in [-0.1, -0.05) is 42.5 Å². The highest BCUT2D eigenvalue weighted by molar-refractivity contribution is 7.86. The maximum atomic E-state index is 13.0. The molecule has 0 N–H and O–H groups in total. The van der Waals surface area contributed by atoms with Crippen LogP contribution in [0.15, 0.2) is 54.6 Å². The third kappa shape index (κ3) is 5.13. The third-order valence-corrected chi connectivity index (χ3v) is 3.33. The molecule has 0 aliphatic heterocycles. The number of benzene rings is 2. The van der Waals surface area contributed by atoms with E-state index >= 15 is 0 Å². The van der Waals surface area contributed by atoms with E-state index in [4.69, 9.17) is 4.18 Å². The van der Waals surface area contributed by atoms with Crippen molar-refractivity contribution in [2.45, 2.75) is 0 Å². The van der Waals surface area contributed by atoms with Crippen LogP contribution in [-0.4, -0.2) is 21.3 Å². The molecule has 0 saturated heterocycles. The Balaban J connectivity index is 2.34. The predicted octanol–water partition coefficient (Wildman–Crippen LogP) is 3.34. The van der Waals surface area contributed by atoms with Crippen LogP contribution in [0.1, 0.15) is 11.1 Å². The summed E-state index contributed by atoms with van der Waals surface area (Å²) in [6.45, 7) is -0.0979. The van der Waals surface area contributed by atoms with Gasteiger partial charge in [-0.2, -0.15) is 8.42 Å². The Labute approximate surface area is 123 Å². The summed E-state index contributed by atoms with van der Waals surface area (Å²) < 4.78 is 40.2. The topological polar surface area (TPSA) is 43.4 Å². The van der Waals surface area contributed by atoms with E-state index in [1.165, 1.54) is 12.1 Å². The molecular formula is C16H15FO3S. The summed E-state index contributed by atoms with van der Waals surface area (Å²) in [6, 6.07) is 15.3. The van der Waals surface area contributed by atoms with E-state index in [0.29, 0.717) is 11.1 Å². The number of hydrogen-bond acceptors (Lipinski definition) is 3. The first-order valence-electron chi connectivity index (χ1n) is 6.30. The fourth-order valence-corrected chi connectivity index (χ4v) is 2.13. The SMILES string of the molecule is CS(=O)(=O)OC/C(=C\c1ccccc1)c1ccc(F)cc1. The zero-order valence-corrected chi connectivity index (χ0v) is 12.3. The van der Waals surface area contributed by atoms with E-state index in [1.54, 1.807) is 12.1 Å². The highest BCUT2D eigenvalue weighted by Crippen LogP contribution is 2.20. The second-order valence-electron chi connectivity index (χ2n) is 4.55. The van der Waals surface area contributed by atoms with Gasteiger partial charge in [0, 0.05) is 0 Å². The Morgan fingerprint density at radius 1 is 1.10 bits per heavy atom. The van der Waals surface area contributed by atoms with E-state index in [2.05, 4.69) is 0 Å². The van der Waals surface area contributed by atoms with Gasteiger partial charge in [-0.25, -0.2) is 4.39 Å². The molecule has 5 heteroatoms. The molecular weight excluding hydrogens is 291 g/mol. The quantitative estimate of drug-likeness (QED) is 0.628. The van der Waals surface area contributed by atoms with Crippen molar-refractivity contribution in [1.82, 2.24) is 0 Å². The fraction of sp³-hybridized carbons (Fsp3) is 0.125. The van der Waals surface area contributed by atoms with Crippen LogP contribution in [0.5, 0.6) is 0 Å². The molecule has 0 aliphatic rings. The summed E-state index contributed by atoms with van der Waals surface area (Å²) >= 11 is 0. The van der Waals surface area contributed by atoms with E-state index in [1.807, 2.05) is 36.4 Å². The Morgan fingerprint density at radius 3 is 2.29 bits per heavy atom. The molecule has 0 atom stereocenters. The summed E-state index contributed by atoms with van der Waals surface area (Å²) in [5, 5.41) is 0. The molecule has 2 aromatic carbocycles. The molecule has 2 aromatic rings. The lowest BCUT2D eigenvalue weighted by Crippen LogP contribution is -2.05. The first-order valence-corrected chi connectivity index (χ1v) is 8.12. The second-order valence-corrected chi connectivity index (χ2v) is 6.20. The molecule has 0 bridgehead atoms. The fourth-order valence-electron chi connectivity index (χ4n) is 1.79. The Bertz CT molecular complexity index is 720. The van der Waals surface area contributed by atoms with Crippen LogP contribution >= 0.6 is 0 Å². The van der Waals surface area contributed by atoms with E-state index < -0.39 is 10.1 Å². The van der Waals surface area contributed by atoms with Gasteiger partial charge in [-0.05, 0) is 34.9 Å². The highest BCUT2D eigenvalue weighted by atomic mass is 32.2. The predicted molar refractivity (Wildman–Crippen MR) is 81.5 cm³/mol. The van der Waals surface area contributed by atoms with Crippen LogP contribution in [0, 0.1) is 5.82 Å². The average Bonchev–Trinajstić information content (AvgIpc) is 2.45. The molecule has 0 spiro atoms. The first kappa shape index (κ1) is 15.4. The van der Waals surface area contributed by atoms with Gasteiger partial charge in [0.15, 0.2) is 0 Å². The lowest BCUT2D eigenvalue weighted by atomic mass is 10.0. The van der Waals surface area contributed by atoms with Crippen molar-refractivity contribution >= 4 is 21.8 Å². The molecule has 0 heterocycles. The minimum atomic E-state index is -3.54. The lowest BCUT2D eigenvalue weighted by Gasteiger charge is -2.08. The number of rotatable bonds is 5. The van der Waals surface area contributed by atoms with E-state index in [9.17, 15) is 12.8 Å². The van der Waals surface area contributed by atoms with Crippen molar-refractivity contribution in [3.05, 3.63) is 71.5 Å². The molecule has 3 nitrogen and oxygen atoms in total. The van der Waals surface area contributed by atoms with Crippen molar-refractivity contribution in [3.63, 3.8) is 0 Å². The Kier molecular flexibility index (Phi) is 4.88. The van der Waals surface area contributed by atoms with Crippen LogP contribution in [0.3, 0.4) is 0 Å². The average molecular weight is 306 g/mol. The molecule has 21 heavy (non-hydrogen) atoms. The normalized spacial score (nSPS) is 12.4. The molecule has 0 saturated carbocycles. The zero-order valence-electron chi connectivity index (χ0n) is 11.5. The van der Waals surface area contributed by atoms with Crippen LogP contribution in [0.4, 0.5) is 4.39 Å². The lowest BCUT2D eigenvalue weighted by molar-refractivity contribution is 0.368. The van der Waals surface area contributed by atoms with Crippen LogP contribution in [0.25, 0.3) is 11.6 Å². The summed E-state index contributed by atoms with van der Waals surface area (Å²) in [5.41, 5.74) is 2.28. The number of hydrogen-bond donors (Lipinski definition) is 0. The maximum Gasteiger partial charge on any atom is 0.264 e. The van der Waals surface area contributed by atoms with Crippen molar-refractivity contribution < 1.29 is 17.0 Å². The maximum absolute atomic E-state index is 13.0. The van der Waals surface area contributed by atoms with Gasteiger partial charge >= 0.3 is 0 Å². The molecule has 0 radical (unpaired) electrons. The van der Waals surface area contributed by atoms with Crippen molar-refractivity contribution in [2.75, 3.05) is 12.9 Å². The van der Waals surface area contributed by atoms with Gasteiger partial charge in [0.2, 0.25) is 0 Å². The molecule has 0 aromatic heterocycles. The minimum absolute atomic E-state index is 0.0979. The second kappa shape index (κ2) is 6.65.